The zero-order valence-electron chi connectivity index (χ0n) is 18.3. The highest BCUT2D eigenvalue weighted by molar-refractivity contribution is 6.16. The first kappa shape index (κ1) is 22.8. The molecule has 0 saturated carbocycles. The van der Waals surface area contributed by atoms with E-state index in [0.717, 1.165) is 12.3 Å². The van der Waals surface area contributed by atoms with Crippen LogP contribution in [0.3, 0.4) is 0 Å². The van der Waals surface area contributed by atoms with Gasteiger partial charge in [0.05, 0.1) is 23.6 Å². The number of hydrogen-bond donors (Lipinski definition) is 1. The Bertz CT molecular complexity index is 1050. The Morgan fingerprint density at radius 2 is 1.87 bits per heavy atom. The molecule has 2 aromatic rings. The number of halogens is 3. The number of carbonyl (C=O) groups excluding carboxylic acids is 2. The molecule has 0 fully saturated rings. The quantitative estimate of drug-likeness (QED) is 0.685. The number of ether oxygens (including phenoxy) is 2. The zero-order chi connectivity index (χ0) is 23.4. The van der Waals surface area contributed by atoms with Gasteiger partial charge in [-0.2, -0.15) is 13.2 Å². The van der Waals surface area contributed by atoms with Gasteiger partial charge < -0.3 is 18.9 Å². The van der Waals surface area contributed by atoms with Gasteiger partial charge in [-0.1, -0.05) is 13.8 Å². The molecule has 1 N–H and O–H groups in total. The fourth-order valence-electron chi connectivity index (χ4n) is 3.63. The lowest BCUT2D eigenvalue weighted by Crippen LogP contribution is -2.40. The number of aromatic nitrogens is 2. The van der Waals surface area contributed by atoms with Crippen LogP contribution in [0.15, 0.2) is 18.5 Å². The van der Waals surface area contributed by atoms with Gasteiger partial charge >= 0.3 is 18.2 Å². The third-order valence-electron chi connectivity index (χ3n) is 4.76. The smallest absolute Gasteiger partial charge is 0.417 e. The van der Waals surface area contributed by atoms with Crippen molar-refractivity contribution in [3.63, 3.8) is 0 Å². The minimum atomic E-state index is -4.52. The Hall–Kier alpha value is -2.91. The van der Waals surface area contributed by atoms with Crippen LogP contribution >= 0.6 is 0 Å². The molecule has 0 unspecified atom stereocenters. The molecule has 7 nitrogen and oxygen atoms in total. The average Bonchev–Trinajstić information content (AvgIpc) is 3.11. The topological polar surface area (TPSA) is 76.0 Å². The van der Waals surface area contributed by atoms with E-state index in [9.17, 15) is 22.8 Å². The predicted octanol–water partition coefficient (Wildman–Crippen LogP) is 4.72. The van der Waals surface area contributed by atoms with Crippen LogP contribution in [0.1, 0.15) is 58.5 Å². The summed E-state index contributed by atoms with van der Waals surface area (Å²) in [5.41, 5.74) is -1.46. The van der Waals surface area contributed by atoms with Gasteiger partial charge in [0.1, 0.15) is 16.8 Å². The summed E-state index contributed by atoms with van der Waals surface area (Å²) < 4.78 is 51.7. The van der Waals surface area contributed by atoms with E-state index in [-0.39, 0.29) is 24.4 Å². The van der Waals surface area contributed by atoms with E-state index in [1.54, 1.807) is 41.5 Å². The van der Waals surface area contributed by atoms with E-state index in [1.165, 1.54) is 15.5 Å². The fraction of sp³-hybridized carbons (Fsp3) is 0.524. The summed E-state index contributed by atoms with van der Waals surface area (Å²) in [4.78, 5) is 29.7. The molecule has 0 radical (unpaired) electrons. The summed E-state index contributed by atoms with van der Waals surface area (Å²) in [7, 11) is 0. The number of nitrogens with zero attached hydrogens (tertiary/aromatic N) is 2. The molecular formula is C21H26F3N3O4. The van der Waals surface area contributed by atoms with Crippen LogP contribution in [0, 0.1) is 0 Å². The van der Waals surface area contributed by atoms with Crippen molar-refractivity contribution in [3.8, 4) is 0 Å². The summed E-state index contributed by atoms with van der Waals surface area (Å²) in [6.45, 7) is 10.5. The fourth-order valence-corrected chi connectivity index (χ4v) is 3.63. The number of nitrogens with one attached hydrogen (secondary N) is 1. The third kappa shape index (κ3) is 4.42. The SMILES string of the molecule is CCOC(=O)C1=CN(C(=O)OC(C)(C)C)CC(C)(C)c2c1[nH]c1cc(C(F)(F)F)cn21. The Kier molecular flexibility index (Phi) is 5.40. The van der Waals surface area contributed by atoms with Crippen LogP contribution in [0.2, 0.25) is 0 Å². The van der Waals surface area contributed by atoms with Crippen molar-refractivity contribution in [2.45, 2.75) is 58.7 Å². The Morgan fingerprint density at radius 1 is 1.23 bits per heavy atom. The van der Waals surface area contributed by atoms with Gasteiger partial charge in [-0.05, 0) is 33.8 Å². The summed E-state index contributed by atoms with van der Waals surface area (Å²) in [5, 5.41) is 0. The Labute approximate surface area is 177 Å². The van der Waals surface area contributed by atoms with Crippen molar-refractivity contribution in [1.29, 1.82) is 0 Å². The van der Waals surface area contributed by atoms with Crippen molar-refractivity contribution >= 4 is 23.3 Å². The molecule has 31 heavy (non-hydrogen) atoms. The second-order valence-electron chi connectivity index (χ2n) is 9.09. The van der Waals surface area contributed by atoms with Crippen LogP contribution in [-0.2, 0) is 25.9 Å². The molecule has 3 rings (SSSR count). The first-order valence-electron chi connectivity index (χ1n) is 9.85. The van der Waals surface area contributed by atoms with Crippen molar-refractivity contribution < 1.29 is 32.2 Å². The predicted molar refractivity (Wildman–Crippen MR) is 107 cm³/mol. The largest absolute Gasteiger partial charge is 0.462 e. The molecule has 10 heteroatoms. The molecule has 0 aliphatic carbocycles. The Morgan fingerprint density at radius 3 is 2.42 bits per heavy atom. The number of aromatic amines is 1. The highest BCUT2D eigenvalue weighted by Gasteiger charge is 2.40. The molecule has 0 aromatic carbocycles. The summed E-state index contributed by atoms with van der Waals surface area (Å²) in [6.07, 6.45) is -2.87. The summed E-state index contributed by atoms with van der Waals surface area (Å²) >= 11 is 0. The van der Waals surface area contributed by atoms with Crippen molar-refractivity contribution in [3.05, 3.63) is 35.4 Å². The monoisotopic (exact) mass is 441 g/mol. The molecule has 0 saturated heterocycles. The van der Waals surface area contributed by atoms with Crippen molar-refractivity contribution in [1.82, 2.24) is 14.3 Å². The maximum atomic E-state index is 13.3. The number of imidazole rings is 1. The van der Waals surface area contributed by atoms with Crippen molar-refractivity contribution in [2.75, 3.05) is 13.2 Å². The van der Waals surface area contributed by atoms with E-state index < -0.39 is 34.8 Å². The van der Waals surface area contributed by atoms with E-state index in [1.807, 2.05) is 0 Å². The lowest BCUT2D eigenvalue weighted by atomic mass is 9.87. The van der Waals surface area contributed by atoms with Gasteiger partial charge in [0.2, 0.25) is 0 Å². The molecule has 2 aromatic heterocycles. The lowest BCUT2D eigenvalue weighted by Gasteiger charge is -2.31. The molecule has 170 valence electrons. The first-order valence-corrected chi connectivity index (χ1v) is 9.85. The highest BCUT2D eigenvalue weighted by Crippen LogP contribution is 2.39. The summed E-state index contributed by atoms with van der Waals surface area (Å²) in [6, 6.07) is 0.985. The van der Waals surface area contributed by atoms with Crippen LogP contribution in [0.4, 0.5) is 18.0 Å². The number of hydrogen-bond acceptors (Lipinski definition) is 4. The van der Waals surface area contributed by atoms with Crippen LogP contribution < -0.4 is 0 Å². The second kappa shape index (κ2) is 7.35. The van der Waals surface area contributed by atoms with Crippen LogP contribution in [0.25, 0.3) is 11.2 Å². The molecule has 1 amide bonds. The van der Waals surface area contributed by atoms with Gasteiger partial charge in [-0.15, -0.1) is 0 Å². The minimum absolute atomic E-state index is 0.0329. The highest BCUT2D eigenvalue weighted by atomic mass is 19.4. The maximum absolute atomic E-state index is 13.3. The lowest BCUT2D eigenvalue weighted by molar-refractivity contribution is -0.138. The molecule has 0 bridgehead atoms. The van der Waals surface area contributed by atoms with E-state index in [2.05, 4.69) is 4.98 Å². The van der Waals surface area contributed by atoms with E-state index in [0.29, 0.717) is 11.4 Å². The van der Waals surface area contributed by atoms with E-state index in [4.69, 9.17) is 9.47 Å². The maximum Gasteiger partial charge on any atom is 0.417 e. The van der Waals surface area contributed by atoms with Gasteiger partial charge in [-0.25, -0.2) is 9.59 Å². The second-order valence-corrected chi connectivity index (χ2v) is 9.09. The Balaban J connectivity index is 2.20. The number of amides is 1. The molecule has 1 aliphatic rings. The average molecular weight is 441 g/mol. The normalized spacial score (nSPS) is 16.5. The van der Waals surface area contributed by atoms with E-state index >= 15 is 0 Å². The van der Waals surface area contributed by atoms with Crippen molar-refractivity contribution in [2.24, 2.45) is 0 Å². The zero-order valence-corrected chi connectivity index (χ0v) is 18.3. The first-order chi connectivity index (χ1) is 14.1. The van der Waals surface area contributed by atoms with Crippen LogP contribution in [0.5, 0.6) is 0 Å². The molecule has 1 aliphatic heterocycles. The molecule has 0 atom stereocenters. The number of rotatable bonds is 2. The molecule has 0 spiro atoms. The number of esters is 1. The number of alkyl halides is 3. The molecule has 3 heterocycles. The molecular weight excluding hydrogens is 415 g/mol. The third-order valence-corrected chi connectivity index (χ3v) is 4.76. The van der Waals surface area contributed by atoms with Crippen LogP contribution in [-0.4, -0.2) is 45.1 Å². The van der Waals surface area contributed by atoms with Gasteiger partial charge in [-0.3, -0.25) is 4.90 Å². The van der Waals surface area contributed by atoms with Gasteiger partial charge in [0.25, 0.3) is 0 Å². The van der Waals surface area contributed by atoms with Gasteiger partial charge in [0.15, 0.2) is 0 Å². The number of fused-ring (bicyclic) bond motifs is 3. The minimum Gasteiger partial charge on any atom is -0.462 e. The number of H-pyrrole nitrogens is 1. The van der Waals surface area contributed by atoms with Gasteiger partial charge in [0, 0.05) is 24.4 Å². The summed E-state index contributed by atoms with van der Waals surface area (Å²) in [5.74, 6) is -0.699. The number of carbonyl (C=O) groups is 2. The standard InChI is InChI=1S/C21H26F3N3O4/c1-7-30-17(28)13-10-26(18(29)31-19(2,3)4)11-20(5,6)16-15(13)25-14-8-12(9-27(14)16)21(22,23)24/h8-10,25H,7,11H2,1-6H3.